The van der Waals surface area contributed by atoms with Gasteiger partial charge in [0.1, 0.15) is 0 Å². The first kappa shape index (κ1) is 25.4. The van der Waals surface area contributed by atoms with Crippen LogP contribution in [0.1, 0.15) is 26.3 Å². The van der Waals surface area contributed by atoms with Gasteiger partial charge in [-0.15, -0.1) is 0 Å². The highest BCUT2D eigenvalue weighted by Gasteiger charge is 2.33. The summed E-state index contributed by atoms with van der Waals surface area (Å²) in [6.45, 7) is 8.15. The number of anilines is 1. The number of nitrogen functional groups attached to an aromatic ring is 1. The fraction of sp³-hybridized carbons (Fsp3) is 0.333. The van der Waals surface area contributed by atoms with Gasteiger partial charge in [0.15, 0.2) is 0 Å². The lowest BCUT2D eigenvalue weighted by atomic mass is 9.93. The summed E-state index contributed by atoms with van der Waals surface area (Å²) in [6, 6.07) is 7.41. The van der Waals surface area contributed by atoms with Gasteiger partial charge in [0, 0.05) is 69.5 Å². The Kier molecular flexibility index (Phi) is 6.64. The van der Waals surface area contributed by atoms with E-state index in [1.54, 1.807) is 16.9 Å². The van der Waals surface area contributed by atoms with E-state index in [2.05, 4.69) is 16.6 Å². The molecule has 3 aromatic rings. The molecule has 3 amide bonds. The van der Waals surface area contributed by atoms with Crippen LogP contribution < -0.4 is 17.2 Å². The van der Waals surface area contributed by atoms with Gasteiger partial charge in [-0.1, -0.05) is 12.6 Å². The maximum absolute atomic E-state index is 13.8. The van der Waals surface area contributed by atoms with Crippen LogP contribution in [-0.4, -0.2) is 88.0 Å². The van der Waals surface area contributed by atoms with E-state index in [0.29, 0.717) is 36.4 Å². The molecule has 1 fully saturated rings. The predicted molar refractivity (Wildman–Crippen MR) is 145 cm³/mol. The van der Waals surface area contributed by atoms with E-state index in [9.17, 15) is 14.4 Å². The molecule has 11 heteroatoms. The summed E-state index contributed by atoms with van der Waals surface area (Å²) in [5.74, 6) is -0.995. The van der Waals surface area contributed by atoms with E-state index < -0.39 is 5.91 Å². The second kappa shape index (κ2) is 9.92. The Morgan fingerprint density at radius 3 is 2.55 bits per heavy atom. The molecule has 0 saturated carbocycles. The number of hydrogen-bond donors (Lipinski definition) is 3. The summed E-state index contributed by atoms with van der Waals surface area (Å²) in [5.41, 5.74) is 21.8. The maximum atomic E-state index is 13.8. The van der Waals surface area contributed by atoms with Crippen molar-refractivity contribution in [2.24, 2.45) is 18.5 Å². The van der Waals surface area contributed by atoms with Crippen LogP contribution in [0, 0.1) is 0 Å². The molecular formula is C27H32N8O3. The fourth-order valence-corrected chi connectivity index (χ4v) is 5.32. The van der Waals surface area contributed by atoms with Gasteiger partial charge in [-0.3, -0.25) is 24.0 Å². The van der Waals surface area contributed by atoms with Crippen LogP contribution in [-0.2, 0) is 18.4 Å². The Bertz CT molecular complexity index is 1470. The van der Waals surface area contributed by atoms with E-state index in [4.69, 9.17) is 17.2 Å². The van der Waals surface area contributed by atoms with Crippen LogP contribution in [0.25, 0.3) is 22.0 Å². The number of rotatable bonds is 7. The number of benzene rings is 2. The molecule has 198 valence electrons. The number of aromatic nitrogens is 2. The number of nitrogens with zero attached hydrogens (tertiary/aromatic N) is 5. The third-order valence-electron chi connectivity index (χ3n) is 7.44. The standard InChI is InChI=1S/C27H32N8O3/c1-16(25(30)36)14-35-15-21-18(3-4-22(29)24(21)27(35)38)17-11-19(20-13-31-32(2)23(20)12-17)26(37)34-9-7-33(6-5-28)8-10-34/h3-4,11-13H,1,5-10,14-15,28-29H2,2H3,(H2,30,36). The average Bonchev–Trinajstić information content (AvgIpc) is 3.44. The summed E-state index contributed by atoms with van der Waals surface area (Å²) >= 11 is 0. The van der Waals surface area contributed by atoms with Crippen molar-refractivity contribution in [3.8, 4) is 11.1 Å². The molecule has 5 rings (SSSR count). The van der Waals surface area contributed by atoms with E-state index >= 15 is 0 Å². The molecule has 6 N–H and O–H groups in total. The van der Waals surface area contributed by atoms with Gasteiger partial charge in [0.25, 0.3) is 11.8 Å². The van der Waals surface area contributed by atoms with Crippen molar-refractivity contribution in [2.75, 3.05) is 51.5 Å². The largest absolute Gasteiger partial charge is 0.398 e. The Labute approximate surface area is 220 Å². The van der Waals surface area contributed by atoms with Crippen molar-refractivity contribution in [2.45, 2.75) is 6.54 Å². The number of piperazine rings is 1. The number of amides is 3. The molecule has 0 aliphatic carbocycles. The van der Waals surface area contributed by atoms with Crippen molar-refractivity contribution in [1.29, 1.82) is 0 Å². The first-order valence-corrected chi connectivity index (χ1v) is 12.6. The van der Waals surface area contributed by atoms with E-state index in [-0.39, 0.29) is 30.5 Å². The lowest BCUT2D eigenvalue weighted by Gasteiger charge is -2.34. The van der Waals surface area contributed by atoms with E-state index in [1.165, 1.54) is 4.90 Å². The first-order chi connectivity index (χ1) is 18.2. The second-order valence-electron chi connectivity index (χ2n) is 9.83. The molecule has 0 bridgehead atoms. The van der Waals surface area contributed by atoms with Crippen molar-refractivity contribution < 1.29 is 14.4 Å². The molecule has 1 aromatic heterocycles. The Hall–Kier alpha value is -4.22. The lowest BCUT2D eigenvalue weighted by Crippen LogP contribution is -2.49. The minimum absolute atomic E-state index is 0.0162. The molecule has 0 spiro atoms. The normalized spacial score (nSPS) is 15.8. The Morgan fingerprint density at radius 1 is 1.13 bits per heavy atom. The first-order valence-electron chi connectivity index (χ1n) is 12.6. The third-order valence-corrected chi connectivity index (χ3v) is 7.44. The molecule has 0 atom stereocenters. The van der Waals surface area contributed by atoms with Gasteiger partial charge in [0.2, 0.25) is 5.91 Å². The fourth-order valence-electron chi connectivity index (χ4n) is 5.32. The third kappa shape index (κ3) is 4.39. The zero-order valence-electron chi connectivity index (χ0n) is 21.4. The van der Waals surface area contributed by atoms with Crippen LogP contribution in [0.4, 0.5) is 5.69 Å². The maximum Gasteiger partial charge on any atom is 0.256 e. The molecule has 2 aliphatic rings. The van der Waals surface area contributed by atoms with Gasteiger partial charge in [-0.25, -0.2) is 0 Å². The number of carbonyl (C=O) groups excluding carboxylic acids is 3. The van der Waals surface area contributed by atoms with Crippen molar-refractivity contribution in [1.82, 2.24) is 24.5 Å². The zero-order valence-corrected chi connectivity index (χ0v) is 21.4. The molecular weight excluding hydrogens is 484 g/mol. The number of fused-ring (bicyclic) bond motifs is 2. The Morgan fingerprint density at radius 2 is 1.87 bits per heavy atom. The summed E-state index contributed by atoms with van der Waals surface area (Å²) in [4.78, 5) is 44.1. The summed E-state index contributed by atoms with van der Waals surface area (Å²) in [6.07, 6.45) is 1.71. The van der Waals surface area contributed by atoms with E-state index in [0.717, 1.165) is 47.2 Å². The Balaban J connectivity index is 1.54. The predicted octanol–water partition coefficient (Wildman–Crippen LogP) is 0.536. The molecule has 2 aliphatic heterocycles. The van der Waals surface area contributed by atoms with Crippen LogP contribution >= 0.6 is 0 Å². The molecule has 38 heavy (non-hydrogen) atoms. The van der Waals surface area contributed by atoms with Crippen LogP contribution in [0.2, 0.25) is 0 Å². The number of hydrogen-bond acceptors (Lipinski definition) is 7. The van der Waals surface area contributed by atoms with Gasteiger partial charge >= 0.3 is 0 Å². The molecule has 0 radical (unpaired) electrons. The topological polar surface area (TPSA) is 157 Å². The monoisotopic (exact) mass is 516 g/mol. The van der Waals surface area contributed by atoms with Crippen LogP contribution in [0.5, 0.6) is 0 Å². The minimum atomic E-state index is -0.657. The van der Waals surface area contributed by atoms with Crippen molar-refractivity contribution >= 4 is 34.3 Å². The van der Waals surface area contributed by atoms with Crippen molar-refractivity contribution in [3.63, 3.8) is 0 Å². The quantitative estimate of drug-likeness (QED) is 0.305. The number of carbonyl (C=O) groups is 3. The van der Waals surface area contributed by atoms with Crippen LogP contribution in [0.3, 0.4) is 0 Å². The summed E-state index contributed by atoms with van der Waals surface area (Å²) in [5, 5.41) is 5.17. The highest BCUT2D eigenvalue weighted by Crippen LogP contribution is 2.38. The van der Waals surface area contributed by atoms with Gasteiger partial charge in [-0.2, -0.15) is 5.10 Å². The van der Waals surface area contributed by atoms with Crippen molar-refractivity contribution in [3.05, 3.63) is 59.3 Å². The highest BCUT2D eigenvalue weighted by molar-refractivity contribution is 6.09. The number of aryl methyl sites for hydroxylation is 1. The second-order valence-corrected chi connectivity index (χ2v) is 9.83. The molecule has 1 saturated heterocycles. The molecule has 3 heterocycles. The average molecular weight is 517 g/mol. The van der Waals surface area contributed by atoms with Gasteiger partial charge in [-0.05, 0) is 34.9 Å². The molecule has 11 nitrogen and oxygen atoms in total. The van der Waals surface area contributed by atoms with Gasteiger partial charge < -0.3 is 27.0 Å². The minimum Gasteiger partial charge on any atom is -0.398 e. The highest BCUT2D eigenvalue weighted by atomic mass is 16.2. The summed E-state index contributed by atoms with van der Waals surface area (Å²) in [7, 11) is 1.83. The number of primary amides is 1. The molecule has 0 unspecified atom stereocenters. The SMILES string of the molecule is C=C(CN1Cc2c(-c3cc(C(=O)N4CCN(CCN)CC4)c4cnn(C)c4c3)ccc(N)c2C1=O)C(N)=O. The van der Waals surface area contributed by atoms with E-state index in [1.807, 2.05) is 30.1 Å². The number of nitrogens with two attached hydrogens (primary N) is 3. The van der Waals surface area contributed by atoms with Crippen LogP contribution in [0.15, 0.2) is 42.6 Å². The smallest absolute Gasteiger partial charge is 0.256 e. The van der Waals surface area contributed by atoms with Gasteiger partial charge in [0.05, 0.1) is 29.4 Å². The zero-order chi connectivity index (χ0) is 27.1. The summed E-state index contributed by atoms with van der Waals surface area (Å²) < 4.78 is 1.74. The molecule has 2 aromatic carbocycles. The lowest BCUT2D eigenvalue weighted by molar-refractivity contribution is -0.114.